The van der Waals surface area contributed by atoms with Gasteiger partial charge >= 0.3 is 5.97 Å². The summed E-state index contributed by atoms with van der Waals surface area (Å²) in [6.45, 7) is 4.92. The van der Waals surface area contributed by atoms with Gasteiger partial charge in [-0.3, -0.25) is 9.69 Å². The van der Waals surface area contributed by atoms with Gasteiger partial charge in [-0.15, -0.1) is 0 Å². The molecule has 0 rings (SSSR count). The molecule has 1 atom stereocenters. The average Bonchev–Trinajstić information content (AvgIpc) is 2.47. The molecule has 1 unspecified atom stereocenters. The molecule has 3 N–H and O–H groups in total. The monoisotopic (exact) mass is 316 g/mol. The lowest BCUT2D eigenvalue weighted by Crippen LogP contribution is -2.39. The summed E-state index contributed by atoms with van der Waals surface area (Å²) in [7, 11) is 7.94. The normalized spacial score (nSPS) is 13.0. The number of hydrogen-bond donors (Lipinski definition) is 3. The molecule has 0 saturated carbocycles. The molecule has 0 saturated heterocycles. The highest BCUT2D eigenvalue weighted by Crippen LogP contribution is 2.09. The van der Waals surface area contributed by atoms with Gasteiger partial charge in [0.15, 0.2) is 0 Å². The largest absolute Gasteiger partial charge is 0.480 e. The Balaban J connectivity index is 3.88. The molecule has 0 aromatic heterocycles. The van der Waals surface area contributed by atoms with Gasteiger partial charge in [-0.2, -0.15) is 0 Å². The summed E-state index contributed by atoms with van der Waals surface area (Å²) in [4.78, 5) is 15.7. The van der Waals surface area contributed by atoms with E-state index in [0.717, 1.165) is 64.8 Å². The van der Waals surface area contributed by atoms with Crippen LogP contribution < -0.4 is 10.6 Å². The maximum absolute atomic E-state index is 11.4. The topological polar surface area (TPSA) is 67.8 Å². The zero-order chi connectivity index (χ0) is 16.8. The third kappa shape index (κ3) is 11.0. The quantitative estimate of drug-likeness (QED) is 0.386. The van der Waals surface area contributed by atoms with Crippen molar-refractivity contribution in [3.05, 3.63) is 0 Å². The summed E-state index contributed by atoms with van der Waals surface area (Å²) >= 11 is 0. The number of rotatable bonds is 15. The maximum Gasteiger partial charge on any atom is 0.320 e. The zero-order valence-corrected chi connectivity index (χ0v) is 14.9. The van der Waals surface area contributed by atoms with Crippen molar-refractivity contribution in [3.8, 4) is 0 Å². The van der Waals surface area contributed by atoms with E-state index in [4.69, 9.17) is 0 Å². The van der Waals surface area contributed by atoms with Crippen LogP contribution in [0.15, 0.2) is 0 Å². The van der Waals surface area contributed by atoms with E-state index < -0.39 is 5.97 Å². The first kappa shape index (κ1) is 21.3. The molecule has 0 aliphatic rings. The van der Waals surface area contributed by atoms with Gasteiger partial charge in [0.25, 0.3) is 0 Å². The van der Waals surface area contributed by atoms with E-state index in [1.54, 1.807) is 0 Å². The molecule has 0 heterocycles. The average molecular weight is 316 g/mol. The predicted molar refractivity (Wildman–Crippen MR) is 92.5 cm³/mol. The van der Waals surface area contributed by atoms with Crippen molar-refractivity contribution < 1.29 is 9.90 Å². The zero-order valence-electron chi connectivity index (χ0n) is 14.9. The molecule has 0 spiro atoms. The molecule has 0 fully saturated rings. The van der Waals surface area contributed by atoms with E-state index in [0.29, 0.717) is 0 Å². The van der Waals surface area contributed by atoms with Crippen LogP contribution in [-0.2, 0) is 4.79 Å². The van der Waals surface area contributed by atoms with Crippen LogP contribution in [0.2, 0.25) is 0 Å². The summed E-state index contributed by atoms with van der Waals surface area (Å²) < 4.78 is 0. The molecule has 0 amide bonds. The Morgan fingerprint density at radius 1 is 0.955 bits per heavy atom. The van der Waals surface area contributed by atoms with Crippen molar-refractivity contribution >= 4 is 5.97 Å². The van der Waals surface area contributed by atoms with Crippen LogP contribution in [-0.4, -0.2) is 87.8 Å². The van der Waals surface area contributed by atoms with Gasteiger partial charge in [-0.25, -0.2) is 0 Å². The first-order valence-corrected chi connectivity index (χ1v) is 8.43. The number of carbonyl (C=O) groups is 1. The second-order valence-corrected chi connectivity index (χ2v) is 6.05. The summed E-state index contributed by atoms with van der Waals surface area (Å²) in [6.07, 6.45) is 4.88. The van der Waals surface area contributed by atoms with Gasteiger partial charge in [0, 0.05) is 0 Å². The highest BCUT2D eigenvalue weighted by molar-refractivity contribution is 5.73. The van der Waals surface area contributed by atoms with E-state index in [1.807, 2.05) is 26.0 Å². The highest BCUT2D eigenvalue weighted by atomic mass is 16.4. The van der Waals surface area contributed by atoms with Crippen LogP contribution >= 0.6 is 0 Å². The minimum atomic E-state index is -0.700. The number of likely N-dealkylation sites (N-methyl/N-ethyl adjacent to an activating group) is 1. The standard InChI is InChI=1S/C16H36N4O2/c1-17-10-7-13-19(3)12-6-5-9-15(16(21)22)20(4)14-8-11-18-2/h15,17-18H,5-14H2,1-4H3,(H,21,22). The van der Waals surface area contributed by atoms with E-state index >= 15 is 0 Å². The summed E-state index contributed by atoms with van der Waals surface area (Å²) in [5.41, 5.74) is 0. The van der Waals surface area contributed by atoms with Crippen LogP contribution in [0.4, 0.5) is 0 Å². The Morgan fingerprint density at radius 2 is 1.50 bits per heavy atom. The first-order chi connectivity index (χ1) is 10.5. The minimum Gasteiger partial charge on any atom is -0.480 e. The smallest absolute Gasteiger partial charge is 0.320 e. The van der Waals surface area contributed by atoms with E-state index in [9.17, 15) is 9.90 Å². The third-order valence-corrected chi connectivity index (χ3v) is 3.99. The van der Waals surface area contributed by atoms with Crippen LogP contribution in [0.1, 0.15) is 32.1 Å². The Kier molecular flexibility index (Phi) is 13.5. The van der Waals surface area contributed by atoms with Crippen molar-refractivity contribution in [1.29, 1.82) is 0 Å². The molecular weight excluding hydrogens is 280 g/mol. The van der Waals surface area contributed by atoms with Gasteiger partial charge in [0.05, 0.1) is 0 Å². The predicted octanol–water partition coefficient (Wildman–Crippen LogP) is 0.693. The summed E-state index contributed by atoms with van der Waals surface area (Å²) in [5.74, 6) is -0.700. The van der Waals surface area contributed by atoms with Crippen molar-refractivity contribution in [2.75, 3.05) is 60.9 Å². The molecule has 22 heavy (non-hydrogen) atoms. The van der Waals surface area contributed by atoms with Crippen molar-refractivity contribution in [2.24, 2.45) is 0 Å². The van der Waals surface area contributed by atoms with Crippen LogP contribution in [0.3, 0.4) is 0 Å². The van der Waals surface area contributed by atoms with Gasteiger partial charge in [0.1, 0.15) is 6.04 Å². The lowest BCUT2D eigenvalue weighted by Gasteiger charge is -2.25. The second kappa shape index (κ2) is 13.9. The first-order valence-electron chi connectivity index (χ1n) is 8.43. The molecule has 132 valence electrons. The fourth-order valence-electron chi connectivity index (χ4n) is 2.55. The molecule has 0 aromatic carbocycles. The van der Waals surface area contributed by atoms with Gasteiger partial charge < -0.3 is 20.6 Å². The Bertz CT molecular complexity index is 277. The number of nitrogens with zero attached hydrogens (tertiary/aromatic N) is 2. The summed E-state index contributed by atoms with van der Waals surface area (Å²) in [6, 6.07) is -0.355. The number of carboxylic acids is 1. The lowest BCUT2D eigenvalue weighted by atomic mass is 10.1. The van der Waals surface area contributed by atoms with E-state index in [1.165, 1.54) is 0 Å². The van der Waals surface area contributed by atoms with Crippen LogP contribution in [0.5, 0.6) is 0 Å². The lowest BCUT2D eigenvalue weighted by molar-refractivity contribution is -0.143. The molecule has 0 aromatic rings. The molecule has 6 heteroatoms. The van der Waals surface area contributed by atoms with Crippen molar-refractivity contribution in [3.63, 3.8) is 0 Å². The Morgan fingerprint density at radius 3 is 2.05 bits per heavy atom. The Labute approximate surface area is 136 Å². The van der Waals surface area contributed by atoms with Crippen LogP contribution in [0.25, 0.3) is 0 Å². The fourth-order valence-corrected chi connectivity index (χ4v) is 2.55. The number of carboxylic acid groups (broad SMARTS) is 1. The molecule has 0 radical (unpaired) electrons. The Hall–Kier alpha value is -0.690. The van der Waals surface area contributed by atoms with Crippen molar-refractivity contribution in [1.82, 2.24) is 20.4 Å². The van der Waals surface area contributed by atoms with E-state index in [2.05, 4.69) is 22.6 Å². The number of hydrogen-bond acceptors (Lipinski definition) is 5. The van der Waals surface area contributed by atoms with Gasteiger partial charge in [-0.1, -0.05) is 6.42 Å². The highest BCUT2D eigenvalue weighted by Gasteiger charge is 2.21. The SMILES string of the molecule is CNCCCN(C)CCCCC(C(=O)O)N(C)CCCNC. The third-order valence-electron chi connectivity index (χ3n) is 3.99. The molecule has 0 aliphatic carbocycles. The second-order valence-electron chi connectivity index (χ2n) is 6.05. The minimum absolute atomic E-state index is 0.355. The number of unbranched alkanes of at least 4 members (excludes halogenated alkanes) is 1. The molecule has 6 nitrogen and oxygen atoms in total. The van der Waals surface area contributed by atoms with E-state index in [-0.39, 0.29) is 6.04 Å². The number of aliphatic carboxylic acids is 1. The molecular formula is C16H36N4O2. The number of nitrogens with one attached hydrogen (secondary N) is 2. The van der Waals surface area contributed by atoms with Crippen molar-refractivity contribution in [2.45, 2.75) is 38.1 Å². The fraction of sp³-hybridized carbons (Fsp3) is 0.938. The molecule has 0 aliphatic heterocycles. The maximum atomic E-state index is 11.4. The van der Waals surface area contributed by atoms with Crippen LogP contribution in [0, 0.1) is 0 Å². The summed E-state index contributed by atoms with van der Waals surface area (Å²) in [5, 5.41) is 15.6. The van der Waals surface area contributed by atoms with Gasteiger partial charge in [-0.05, 0) is 86.6 Å². The molecule has 0 bridgehead atoms. The van der Waals surface area contributed by atoms with Gasteiger partial charge in [0.2, 0.25) is 0 Å².